The van der Waals surface area contributed by atoms with Crippen LogP contribution in [0, 0.1) is 6.92 Å². The lowest BCUT2D eigenvalue weighted by molar-refractivity contribution is 0.475. The van der Waals surface area contributed by atoms with Crippen LogP contribution in [0.15, 0.2) is 40.3 Å². The van der Waals surface area contributed by atoms with Gasteiger partial charge >= 0.3 is 0 Å². The van der Waals surface area contributed by atoms with E-state index in [0.717, 1.165) is 22.6 Å². The first-order valence-electron chi connectivity index (χ1n) is 5.18. The Morgan fingerprint density at radius 2 is 2.00 bits per heavy atom. The average molecular weight is 227 g/mol. The number of phenols is 1. The summed E-state index contributed by atoms with van der Waals surface area (Å²) in [5.74, 6) is 1.02. The molecule has 0 aliphatic rings. The second-order valence-corrected chi connectivity index (χ2v) is 3.69. The maximum absolute atomic E-state index is 9.23. The summed E-state index contributed by atoms with van der Waals surface area (Å²) in [6, 6.07) is 9.00. The molecule has 0 saturated heterocycles. The number of hydrogen-bond donors (Lipinski definition) is 2. The van der Waals surface area contributed by atoms with Crippen molar-refractivity contribution in [2.75, 3.05) is 0 Å². The summed E-state index contributed by atoms with van der Waals surface area (Å²) in [6.45, 7) is 5.31. The van der Waals surface area contributed by atoms with Gasteiger partial charge in [0.2, 0.25) is 0 Å². The number of aliphatic imine (C=N–C) groups is 2. The van der Waals surface area contributed by atoms with E-state index in [2.05, 4.69) is 21.7 Å². The van der Waals surface area contributed by atoms with Gasteiger partial charge in [-0.2, -0.15) is 0 Å². The van der Waals surface area contributed by atoms with Crippen molar-refractivity contribution in [3.8, 4) is 17.0 Å². The van der Waals surface area contributed by atoms with E-state index in [9.17, 15) is 5.11 Å². The van der Waals surface area contributed by atoms with Crippen LogP contribution in [-0.4, -0.2) is 23.1 Å². The van der Waals surface area contributed by atoms with E-state index in [-0.39, 0.29) is 5.75 Å². The van der Waals surface area contributed by atoms with Crippen LogP contribution in [0.1, 0.15) is 5.56 Å². The lowest BCUT2D eigenvalue weighted by atomic mass is 10.1. The summed E-state index contributed by atoms with van der Waals surface area (Å²) in [6.07, 6.45) is 1.40. The lowest BCUT2D eigenvalue weighted by Gasteiger charge is -1.97. The van der Waals surface area contributed by atoms with Gasteiger partial charge < -0.3 is 10.1 Å². The van der Waals surface area contributed by atoms with Crippen LogP contribution in [0.4, 0.5) is 5.82 Å². The Bertz CT molecular complexity index is 553. The molecular weight excluding hydrogens is 214 g/mol. The average Bonchev–Trinajstić information content (AvgIpc) is 2.69. The fourth-order valence-corrected chi connectivity index (χ4v) is 1.58. The highest BCUT2D eigenvalue weighted by atomic mass is 16.3. The summed E-state index contributed by atoms with van der Waals surface area (Å²) in [5, 5.41) is 9.23. The number of aryl methyl sites for hydroxylation is 1. The van der Waals surface area contributed by atoms with E-state index in [1.165, 1.54) is 6.34 Å². The van der Waals surface area contributed by atoms with Crippen LogP contribution in [0.25, 0.3) is 11.3 Å². The van der Waals surface area contributed by atoms with Crippen molar-refractivity contribution >= 4 is 18.9 Å². The van der Waals surface area contributed by atoms with Crippen LogP contribution < -0.4 is 0 Å². The van der Waals surface area contributed by atoms with Crippen molar-refractivity contribution in [1.29, 1.82) is 0 Å². The number of aromatic amines is 1. The summed E-state index contributed by atoms with van der Waals surface area (Å²) >= 11 is 0. The number of phenolic OH excluding ortho intramolecular Hbond substituents is 1. The van der Waals surface area contributed by atoms with E-state index in [4.69, 9.17) is 0 Å². The maximum Gasteiger partial charge on any atom is 0.135 e. The van der Waals surface area contributed by atoms with Crippen molar-refractivity contribution in [1.82, 2.24) is 4.98 Å². The number of nitrogens with zero attached hydrogens (tertiary/aromatic N) is 2. The van der Waals surface area contributed by atoms with Crippen LogP contribution in [0.5, 0.6) is 5.75 Å². The number of hydrogen-bond acceptors (Lipinski definition) is 2. The van der Waals surface area contributed by atoms with Crippen molar-refractivity contribution in [2.24, 2.45) is 9.98 Å². The molecule has 1 aromatic heterocycles. The minimum absolute atomic E-state index is 0.256. The molecule has 0 aliphatic heterocycles. The molecule has 0 aliphatic carbocycles. The molecule has 1 heterocycles. The number of benzene rings is 1. The number of rotatable bonds is 3. The van der Waals surface area contributed by atoms with Gasteiger partial charge in [-0.3, -0.25) is 4.99 Å². The van der Waals surface area contributed by atoms with Gasteiger partial charge in [0.15, 0.2) is 0 Å². The predicted octanol–water partition coefficient (Wildman–Crippen LogP) is 3.06. The van der Waals surface area contributed by atoms with Crippen LogP contribution in [0.3, 0.4) is 0 Å². The minimum atomic E-state index is 0.256. The van der Waals surface area contributed by atoms with Gasteiger partial charge in [0, 0.05) is 5.69 Å². The smallest absolute Gasteiger partial charge is 0.135 e. The minimum Gasteiger partial charge on any atom is -0.508 e. The van der Waals surface area contributed by atoms with E-state index in [1.807, 2.05) is 25.1 Å². The first kappa shape index (κ1) is 11.1. The zero-order valence-corrected chi connectivity index (χ0v) is 9.51. The van der Waals surface area contributed by atoms with E-state index < -0.39 is 0 Å². The predicted molar refractivity (Wildman–Crippen MR) is 70.3 cm³/mol. The molecule has 0 radical (unpaired) electrons. The highest BCUT2D eigenvalue weighted by molar-refractivity contribution is 5.70. The maximum atomic E-state index is 9.23. The normalized spacial score (nSPS) is 10.9. The molecule has 0 unspecified atom stereocenters. The Hall–Kier alpha value is -2.36. The molecule has 86 valence electrons. The van der Waals surface area contributed by atoms with Crippen molar-refractivity contribution in [3.05, 3.63) is 35.9 Å². The van der Waals surface area contributed by atoms with E-state index in [0.29, 0.717) is 0 Å². The zero-order chi connectivity index (χ0) is 12.3. The van der Waals surface area contributed by atoms with Gasteiger partial charge in [0.05, 0.1) is 0 Å². The quantitative estimate of drug-likeness (QED) is 0.614. The molecule has 4 heteroatoms. The summed E-state index contributed by atoms with van der Waals surface area (Å²) < 4.78 is 0. The zero-order valence-electron chi connectivity index (χ0n) is 9.51. The molecular formula is C13H13N3O. The molecule has 0 spiro atoms. The third-order valence-electron chi connectivity index (χ3n) is 2.43. The first-order chi connectivity index (χ1) is 8.20. The van der Waals surface area contributed by atoms with Crippen LogP contribution >= 0.6 is 0 Å². The van der Waals surface area contributed by atoms with E-state index in [1.54, 1.807) is 12.1 Å². The molecule has 0 bridgehead atoms. The molecule has 17 heavy (non-hydrogen) atoms. The Kier molecular flexibility index (Phi) is 3.05. The second kappa shape index (κ2) is 4.65. The van der Waals surface area contributed by atoms with E-state index >= 15 is 0 Å². The largest absolute Gasteiger partial charge is 0.508 e. The molecule has 0 amide bonds. The third kappa shape index (κ3) is 2.42. The Balaban J connectivity index is 2.37. The topological polar surface area (TPSA) is 60.7 Å². The van der Waals surface area contributed by atoms with Crippen molar-refractivity contribution in [2.45, 2.75) is 6.92 Å². The van der Waals surface area contributed by atoms with Crippen molar-refractivity contribution < 1.29 is 5.11 Å². The van der Waals surface area contributed by atoms with Gasteiger partial charge in [-0.15, -0.1) is 0 Å². The molecule has 0 saturated carbocycles. The molecule has 2 rings (SSSR count). The van der Waals surface area contributed by atoms with Gasteiger partial charge in [-0.05, 0) is 55.1 Å². The standard InChI is InChI=1S/C13H13N3O/c1-9-7-12(16-13(9)15-8-14-2)10-3-5-11(17)6-4-10/h3-8,16-17H,2H2,1H3/b15-8-. The highest BCUT2D eigenvalue weighted by Crippen LogP contribution is 2.27. The van der Waals surface area contributed by atoms with Gasteiger partial charge in [0.1, 0.15) is 17.9 Å². The molecule has 4 nitrogen and oxygen atoms in total. The van der Waals surface area contributed by atoms with Crippen LogP contribution in [0.2, 0.25) is 0 Å². The van der Waals surface area contributed by atoms with Gasteiger partial charge in [-0.1, -0.05) is 0 Å². The van der Waals surface area contributed by atoms with Crippen LogP contribution in [-0.2, 0) is 0 Å². The molecule has 0 atom stereocenters. The second-order valence-electron chi connectivity index (χ2n) is 3.69. The monoisotopic (exact) mass is 227 g/mol. The fourth-order valence-electron chi connectivity index (χ4n) is 1.58. The molecule has 2 aromatic rings. The number of H-pyrrole nitrogens is 1. The van der Waals surface area contributed by atoms with Gasteiger partial charge in [-0.25, -0.2) is 4.99 Å². The first-order valence-corrected chi connectivity index (χ1v) is 5.18. The SMILES string of the molecule is C=N/C=N\c1[nH]c(-c2ccc(O)cc2)cc1C. The summed E-state index contributed by atoms with van der Waals surface area (Å²) in [7, 11) is 0. The van der Waals surface area contributed by atoms with Gasteiger partial charge in [0.25, 0.3) is 0 Å². The summed E-state index contributed by atoms with van der Waals surface area (Å²) in [5.41, 5.74) is 2.99. The fraction of sp³-hybridized carbons (Fsp3) is 0.0769. The Morgan fingerprint density at radius 3 is 2.65 bits per heavy atom. The molecule has 1 aromatic carbocycles. The molecule has 2 N–H and O–H groups in total. The Morgan fingerprint density at radius 1 is 1.29 bits per heavy atom. The number of aromatic hydroxyl groups is 1. The molecule has 0 fully saturated rings. The highest BCUT2D eigenvalue weighted by Gasteiger charge is 2.04. The van der Waals surface area contributed by atoms with Crippen molar-refractivity contribution in [3.63, 3.8) is 0 Å². The number of aromatic nitrogens is 1. The third-order valence-corrected chi connectivity index (χ3v) is 2.43. The lowest BCUT2D eigenvalue weighted by Crippen LogP contribution is -1.75. The summed E-state index contributed by atoms with van der Waals surface area (Å²) in [4.78, 5) is 10.9. The Labute approximate surface area is 99.4 Å². The number of nitrogens with one attached hydrogen (secondary N) is 1.